The molecule has 8 nitrogen and oxygen atoms in total. The van der Waals surface area contributed by atoms with Crippen LogP contribution in [-0.4, -0.2) is 38.1 Å². The molecule has 0 bridgehead atoms. The lowest BCUT2D eigenvalue weighted by atomic mass is 10.3. The molecular formula is C15H21N3O5S2. The lowest BCUT2D eigenvalue weighted by molar-refractivity contribution is -0.388. The van der Waals surface area contributed by atoms with Gasteiger partial charge in [0.1, 0.15) is 0 Å². The molecule has 0 aliphatic heterocycles. The number of sulfonamides is 1. The van der Waals surface area contributed by atoms with Gasteiger partial charge in [0.2, 0.25) is 15.9 Å². The monoisotopic (exact) mass is 387 g/mol. The van der Waals surface area contributed by atoms with E-state index in [2.05, 4.69) is 16.6 Å². The van der Waals surface area contributed by atoms with E-state index in [4.69, 9.17) is 0 Å². The van der Waals surface area contributed by atoms with Crippen molar-refractivity contribution in [1.82, 2.24) is 10.0 Å². The first-order valence-corrected chi connectivity index (χ1v) is 9.92. The number of nitrogens with one attached hydrogen (secondary N) is 2. The van der Waals surface area contributed by atoms with Crippen LogP contribution in [0.5, 0.6) is 0 Å². The fraction of sp³-hybridized carbons (Fsp3) is 0.400. The molecule has 2 N–H and O–H groups in total. The van der Waals surface area contributed by atoms with E-state index in [1.165, 1.54) is 30.0 Å². The molecular weight excluding hydrogens is 366 g/mol. The van der Waals surface area contributed by atoms with Crippen molar-refractivity contribution in [1.29, 1.82) is 0 Å². The van der Waals surface area contributed by atoms with Crippen LogP contribution in [0.2, 0.25) is 0 Å². The highest BCUT2D eigenvalue weighted by Gasteiger charge is 2.22. The largest absolute Gasteiger partial charge is 0.352 e. The Balaban J connectivity index is 2.96. The Labute approximate surface area is 151 Å². The Bertz CT molecular complexity index is 748. The van der Waals surface area contributed by atoms with Gasteiger partial charge in [0.15, 0.2) is 0 Å². The Morgan fingerprint density at radius 3 is 2.68 bits per heavy atom. The van der Waals surface area contributed by atoms with E-state index in [1.807, 2.05) is 13.8 Å². The lowest BCUT2D eigenvalue weighted by Crippen LogP contribution is -2.36. The van der Waals surface area contributed by atoms with Crippen LogP contribution >= 0.6 is 11.8 Å². The van der Waals surface area contributed by atoms with Gasteiger partial charge in [-0.25, -0.2) is 13.1 Å². The third-order valence-corrected chi connectivity index (χ3v) is 5.76. The summed E-state index contributed by atoms with van der Waals surface area (Å²) >= 11 is 1.30. The standard InChI is InChI=1S/C15H21N3O5S2/c1-4-7-16-15(19)9-17-25(22,23)12-5-6-14(24-10-11(2)3)13(8-12)18(20)21/h4-6,8,11,17H,1,7,9-10H2,2-3H3,(H,16,19). The predicted octanol–water partition coefficient (Wildman–Crippen LogP) is 1.92. The summed E-state index contributed by atoms with van der Waals surface area (Å²) in [6, 6.07) is 3.71. The summed E-state index contributed by atoms with van der Waals surface area (Å²) in [6.07, 6.45) is 1.46. The van der Waals surface area contributed by atoms with Crippen LogP contribution in [-0.2, 0) is 14.8 Å². The van der Waals surface area contributed by atoms with Crippen LogP contribution in [0.15, 0.2) is 40.6 Å². The van der Waals surface area contributed by atoms with E-state index in [1.54, 1.807) is 0 Å². The second-order valence-electron chi connectivity index (χ2n) is 5.51. The number of nitrogens with zero attached hydrogens (tertiary/aromatic N) is 1. The van der Waals surface area contributed by atoms with Crippen LogP contribution in [0.3, 0.4) is 0 Å². The summed E-state index contributed by atoms with van der Waals surface area (Å²) < 4.78 is 26.6. The molecule has 0 fully saturated rings. The number of benzene rings is 1. The van der Waals surface area contributed by atoms with Gasteiger partial charge in [0.05, 0.1) is 21.3 Å². The quantitative estimate of drug-likeness (QED) is 0.274. The first-order valence-electron chi connectivity index (χ1n) is 7.46. The van der Waals surface area contributed by atoms with Crippen molar-refractivity contribution < 1.29 is 18.1 Å². The van der Waals surface area contributed by atoms with Crippen molar-refractivity contribution in [2.24, 2.45) is 5.92 Å². The van der Waals surface area contributed by atoms with E-state index in [9.17, 15) is 23.3 Å². The minimum absolute atomic E-state index is 0.216. The van der Waals surface area contributed by atoms with E-state index in [-0.39, 0.29) is 17.1 Å². The van der Waals surface area contributed by atoms with Gasteiger partial charge in [-0.3, -0.25) is 14.9 Å². The molecule has 0 aliphatic rings. The number of hydrogen-bond acceptors (Lipinski definition) is 6. The Hall–Kier alpha value is -1.91. The molecule has 10 heteroatoms. The number of nitro benzene ring substituents is 1. The first kappa shape index (κ1) is 21.1. The number of hydrogen-bond donors (Lipinski definition) is 2. The third kappa shape index (κ3) is 6.85. The summed E-state index contributed by atoms with van der Waals surface area (Å²) in [6.45, 7) is 7.15. The molecule has 0 unspecified atom stereocenters. The van der Waals surface area contributed by atoms with Crippen LogP contribution in [0.1, 0.15) is 13.8 Å². The molecule has 1 rings (SSSR count). The maximum absolute atomic E-state index is 12.2. The number of thioether (sulfide) groups is 1. The Morgan fingerprint density at radius 2 is 2.12 bits per heavy atom. The first-order chi connectivity index (χ1) is 11.7. The zero-order chi connectivity index (χ0) is 19.0. The van der Waals surface area contributed by atoms with Crippen molar-refractivity contribution in [3.63, 3.8) is 0 Å². The molecule has 0 saturated heterocycles. The molecule has 25 heavy (non-hydrogen) atoms. The maximum atomic E-state index is 12.2. The van der Waals surface area contributed by atoms with Crippen molar-refractivity contribution in [2.75, 3.05) is 18.8 Å². The van der Waals surface area contributed by atoms with Crippen molar-refractivity contribution >= 4 is 33.4 Å². The summed E-state index contributed by atoms with van der Waals surface area (Å²) in [7, 11) is -4.03. The van der Waals surface area contributed by atoms with Gasteiger partial charge in [0.25, 0.3) is 5.69 Å². The number of carbonyl (C=O) groups is 1. The molecule has 1 aromatic carbocycles. The number of rotatable bonds is 10. The highest BCUT2D eigenvalue weighted by Crippen LogP contribution is 2.32. The molecule has 0 heterocycles. The smallest absolute Gasteiger partial charge is 0.284 e. The van der Waals surface area contributed by atoms with Crippen molar-refractivity contribution in [2.45, 2.75) is 23.6 Å². The van der Waals surface area contributed by atoms with Gasteiger partial charge in [-0.2, -0.15) is 0 Å². The summed E-state index contributed by atoms with van der Waals surface area (Å²) in [5, 5.41) is 13.7. The molecule has 1 amide bonds. The van der Waals surface area contributed by atoms with E-state index >= 15 is 0 Å². The lowest BCUT2D eigenvalue weighted by Gasteiger charge is -2.09. The molecule has 138 valence electrons. The van der Waals surface area contributed by atoms with E-state index < -0.39 is 27.4 Å². The zero-order valence-electron chi connectivity index (χ0n) is 14.0. The SMILES string of the molecule is C=CCNC(=O)CNS(=O)(=O)c1ccc(SCC(C)C)c([N+](=O)[O-])c1. The van der Waals surface area contributed by atoms with Crippen LogP contribution in [0, 0.1) is 16.0 Å². The number of nitro groups is 1. The van der Waals surface area contributed by atoms with Crippen LogP contribution in [0.25, 0.3) is 0 Å². The third-order valence-electron chi connectivity index (χ3n) is 2.88. The summed E-state index contributed by atoms with van der Waals surface area (Å²) in [5.74, 6) is 0.486. The van der Waals surface area contributed by atoms with Crippen molar-refractivity contribution in [3.8, 4) is 0 Å². The van der Waals surface area contributed by atoms with Crippen LogP contribution in [0.4, 0.5) is 5.69 Å². The summed E-state index contributed by atoms with van der Waals surface area (Å²) in [5.41, 5.74) is -0.273. The van der Waals surface area contributed by atoms with Gasteiger partial charge >= 0.3 is 0 Å². The second kappa shape index (κ2) is 9.54. The van der Waals surface area contributed by atoms with Gasteiger partial charge < -0.3 is 5.32 Å². The van der Waals surface area contributed by atoms with Gasteiger partial charge in [-0.1, -0.05) is 19.9 Å². The minimum atomic E-state index is -4.03. The van der Waals surface area contributed by atoms with Crippen molar-refractivity contribution in [3.05, 3.63) is 41.0 Å². The van der Waals surface area contributed by atoms with Gasteiger partial charge in [0, 0.05) is 18.4 Å². The Kier molecular flexibility index (Phi) is 8.07. The highest BCUT2D eigenvalue weighted by molar-refractivity contribution is 7.99. The normalized spacial score (nSPS) is 11.3. The summed E-state index contributed by atoms with van der Waals surface area (Å²) in [4.78, 5) is 22.2. The van der Waals surface area contributed by atoms with Gasteiger partial charge in [-0.05, 0) is 18.1 Å². The zero-order valence-corrected chi connectivity index (χ0v) is 15.7. The number of carbonyl (C=O) groups excluding carboxylic acids is 1. The molecule has 0 saturated carbocycles. The van der Waals surface area contributed by atoms with Gasteiger partial charge in [-0.15, -0.1) is 18.3 Å². The minimum Gasteiger partial charge on any atom is -0.352 e. The molecule has 0 aliphatic carbocycles. The second-order valence-corrected chi connectivity index (χ2v) is 8.34. The molecule has 0 aromatic heterocycles. The number of amides is 1. The molecule has 0 radical (unpaired) electrons. The highest BCUT2D eigenvalue weighted by atomic mass is 32.2. The molecule has 0 atom stereocenters. The fourth-order valence-electron chi connectivity index (χ4n) is 1.68. The topological polar surface area (TPSA) is 118 Å². The maximum Gasteiger partial charge on any atom is 0.284 e. The van der Waals surface area contributed by atoms with Crippen LogP contribution < -0.4 is 10.0 Å². The average molecular weight is 387 g/mol. The van der Waals surface area contributed by atoms with E-state index in [0.717, 1.165) is 6.07 Å². The molecule has 1 aromatic rings. The van der Waals surface area contributed by atoms with E-state index in [0.29, 0.717) is 16.6 Å². The average Bonchev–Trinajstić information content (AvgIpc) is 2.55. The Morgan fingerprint density at radius 1 is 1.44 bits per heavy atom. The molecule has 0 spiro atoms. The fourth-order valence-corrected chi connectivity index (χ4v) is 3.64. The predicted molar refractivity (Wildman–Crippen MR) is 97.1 cm³/mol.